The molecule has 1 aliphatic carbocycles. The van der Waals surface area contributed by atoms with E-state index in [1.807, 2.05) is 7.05 Å². The first-order valence-corrected chi connectivity index (χ1v) is 6.55. The molecule has 18 heavy (non-hydrogen) atoms. The van der Waals surface area contributed by atoms with Crippen molar-refractivity contribution in [1.82, 2.24) is 5.32 Å². The van der Waals surface area contributed by atoms with Gasteiger partial charge in [-0.05, 0) is 38.9 Å². The lowest BCUT2D eigenvalue weighted by Crippen LogP contribution is -2.29. The van der Waals surface area contributed by atoms with Crippen molar-refractivity contribution >= 4 is 0 Å². The summed E-state index contributed by atoms with van der Waals surface area (Å²) in [7, 11) is 2.04. The van der Waals surface area contributed by atoms with Crippen molar-refractivity contribution in [2.75, 3.05) is 7.05 Å². The molecule has 1 saturated carbocycles. The lowest BCUT2D eigenvalue weighted by atomic mass is 10.1. The molecule has 0 saturated heterocycles. The maximum absolute atomic E-state index is 5.95. The van der Waals surface area contributed by atoms with Crippen LogP contribution < -0.4 is 5.32 Å². The summed E-state index contributed by atoms with van der Waals surface area (Å²) in [5, 5.41) is 3.40. The van der Waals surface area contributed by atoms with E-state index >= 15 is 0 Å². The van der Waals surface area contributed by atoms with Crippen LogP contribution in [-0.4, -0.2) is 12.6 Å². The van der Waals surface area contributed by atoms with E-state index in [1.165, 1.54) is 18.4 Å². The monoisotopic (exact) mass is 241 g/mol. The second-order valence-corrected chi connectivity index (χ2v) is 5.34. The van der Waals surface area contributed by atoms with Gasteiger partial charge in [-0.15, -0.1) is 0 Å². The largest absolute Gasteiger partial charge is 0.461 e. The van der Waals surface area contributed by atoms with Crippen LogP contribution in [0.15, 0.2) is 40.8 Å². The van der Waals surface area contributed by atoms with Crippen LogP contribution >= 0.6 is 0 Å². The van der Waals surface area contributed by atoms with E-state index in [-0.39, 0.29) is 0 Å². The van der Waals surface area contributed by atoms with Crippen LogP contribution in [0.1, 0.15) is 24.2 Å². The average Bonchev–Trinajstić information content (AvgIpc) is 3.00. The Bertz CT molecular complexity index is 534. The van der Waals surface area contributed by atoms with Crippen LogP contribution in [0.3, 0.4) is 0 Å². The predicted molar refractivity (Wildman–Crippen MR) is 73.6 cm³/mol. The molecule has 1 aliphatic rings. The summed E-state index contributed by atoms with van der Waals surface area (Å²) in [5.74, 6) is 2.05. The van der Waals surface area contributed by atoms with Crippen molar-refractivity contribution in [3.05, 3.63) is 47.7 Å². The van der Waals surface area contributed by atoms with Crippen molar-refractivity contribution in [3.8, 4) is 11.3 Å². The van der Waals surface area contributed by atoms with Crippen LogP contribution in [0, 0.1) is 6.92 Å². The number of rotatable bonds is 4. The van der Waals surface area contributed by atoms with Crippen LogP contribution in [0.5, 0.6) is 0 Å². The van der Waals surface area contributed by atoms with Crippen LogP contribution in [0.25, 0.3) is 11.3 Å². The highest BCUT2D eigenvalue weighted by molar-refractivity contribution is 5.57. The molecular formula is C16H19NO. The number of hydrogen-bond donors (Lipinski definition) is 1. The molecule has 0 atom stereocenters. The standard InChI is InChI=1S/C16H19NO/c1-12-3-5-13(6-4-12)15-8-7-14(18-15)11-16(17-2)9-10-16/h3-8,17H,9-11H2,1-2H3. The molecular weight excluding hydrogens is 222 g/mol. The predicted octanol–water partition coefficient (Wildman–Crippen LogP) is 3.55. The van der Waals surface area contributed by atoms with E-state index in [1.54, 1.807) is 0 Å². The van der Waals surface area contributed by atoms with Gasteiger partial charge >= 0.3 is 0 Å². The van der Waals surface area contributed by atoms with Gasteiger partial charge in [0.25, 0.3) is 0 Å². The molecule has 3 rings (SSSR count). The minimum Gasteiger partial charge on any atom is -0.461 e. The zero-order valence-corrected chi connectivity index (χ0v) is 11.0. The van der Waals surface area contributed by atoms with Crippen molar-refractivity contribution in [3.63, 3.8) is 0 Å². The molecule has 94 valence electrons. The maximum atomic E-state index is 5.95. The third-order valence-electron chi connectivity index (χ3n) is 3.89. The third-order valence-corrected chi connectivity index (χ3v) is 3.89. The third kappa shape index (κ3) is 2.21. The number of furan rings is 1. The fourth-order valence-electron chi connectivity index (χ4n) is 2.35. The highest BCUT2D eigenvalue weighted by atomic mass is 16.3. The molecule has 1 aromatic heterocycles. The molecule has 0 spiro atoms. The van der Waals surface area contributed by atoms with Crippen LogP contribution in [0.4, 0.5) is 0 Å². The lowest BCUT2D eigenvalue weighted by Gasteiger charge is -2.11. The van der Waals surface area contributed by atoms with Gasteiger partial charge in [0.05, 0.1) is 0 Å². The summed E-state index contributed by atoms with van der Waals surface area (Å²) < 4.78 is 5.95. The summed E-state index contributed by atoms with van der Waals surface area (Å²) in [5.41, 5.74) is 2.74. The molecule has 2 nitrogen and oxygen atoms in total. The highest BCUT2D eigenvalue weighted by Crippen LogP contribution is 2.39. The van der Waals surface area contributed by atoms with Gasteiger partial charge in [-0.3, -0.25) is 0 Å². The van der Waals surface area contributed by atoms with Crippen molar-refractivity contribution in [2.45, 2.75) is 31.7 Å². The van der Waals surface area contributed by atoms with Crippen molar-refractivity contribution in [1.29, 1.82) is 0 Å². The Hall–Kier alpha value is -1.54. The molecule has 0 radical (unpaired) electrons. The van der Waals surface area contributed by atoms with E-state index < -0.39 is 0 Å². The average molecular weight is 241 g/mol. The molecule has 1 N–H and O–H groups in total. The van der Waals surface area contributed by atoms with E-state index in [0.717, 1.165) is 23.5 Å². The van der Waals surface area contributed by atoms with Crippen molar-refractivity contribution in [2.24, 2.45) is 0 Å². The minimum absolute atomic E-state index is 0.308. The first kappa shape index (κ1) is 11.5. The van der Waals surface area contributed by atoms with E-state index in [2.05, 4.69) is 48.6 Å². The van der Waals surface area contributed by atoms with Gasteiger partial charge in [-0.1, -0.05) is 29.8 Å². The number of aryl methyl sites for hydroxylation is 1. The maximum Gasteiger partial charge on any atom is 0.134 e. The highest BCUT2D eigenvalue weighted by Gasteiger charge is 2.41. The first-order valence-electron chi connectivity index (χ1n) is 6.55. The molecule has 0 aliphatic heterocycles. The lowest BCUT2D eigenvalue weighted by molar-refractivity contribution is 0.456. The van der Waals surface area contributed by atoms with Crippen LogP contribution in [-0.2, 0) is 6.42 Å². The second kappa shape index (κ2) is 4.29. The van der Waals surface area contributed by atoms with Gasteiger partial charge in [0.1, 0.15) is 11.5 Å². The Morgan fingerprint density at radius 2 is 1.83 bits per heavy atom. The number of hydrogen-bond acceptors (Lipinski definition) is 2. The molecule has 1 heterocycles. The van der Waals surface area contributed by atoms with Gasteiger partial charge in [-0.25, -0.2) is 0 Å². The van der Waals surface area contributed by atoms with Crippen molar-refractivity contribution < 1.29 is 4.42 Å². The Balaban J connectivity index is 1.79. The summed E-state index contributed by atoms with van der Waals surface area (Å²) >= 11 is 0. The van der Waals surface area contributed by atoms with Gasteiger partial charge in [0.15, 0.2) is 0 Å². The fraction of sp³-hybridized carbons (Fsp3) is 0.375. The van der Waals surface area contributed by atoms with Gasteiger partial charge in [0.2, 0.25) is 0 Å². The Morgan fingerprint density at radius 3 is 2.44 bits per heavy atom. The van der Waals surface area contributed by atoms with Gasteiger partial charge in [-0.2, -0.15) is 0 Å². The molecule has 0 unspecified atom stereocenters. The Kier molecular flexibility index (Phi) is 2.75. The van der Waals surface area contributed by atoms with E-state index in [0.29, 0.717) is 5.54 Å². The topological polar surface area (TPSA) is 25.2 Å². The fourth-order valence-corrected chi connectivity index (χ4v) is 2.35. The molecule has 1 aromatic carbocycles. The zero-order valence-electron chi connectivity index (χ0n) is 11.0. The zero-order chi connectivity index (χ0) is 12.6. The molecule has 2 aromatic rings. The molecule has 0 bridgehead atoms. The number of nitrogens with one attached hydrogen (secondary N) is 1. The Labute approximate surface area is 108 Å². The van der Waals surface area contributed by atoms with E-state index in [4.69, 9.17) is 4.42 Å². The molecule has 1 fully saturated rings. The summed E-state index contributed by atoms with van der Waals surface area (Å²) in [6.07, 6.45) is 3.50. The Morgan fingerprint density at radius 1 is 1.11 bits per heavy atom. The summed E-state index contributed by atoms with van der Waals surface area (Å²) in [6, 6.07) is 12.6. The minimum atomic E-state index is 0.308. The SMILES string of the molecule is CNC1(Cc2ccc(-c3ccc(C)cc3)o2)CC1. The van der Waals surface area contributed by atoms with Gasteiger partial charge < -0.3 is 9.73 Å². The second-order valence-electron chi connectivity index (χ2n) is 5.34. The first-order chi connectivity index (χ1) is 8.71. The van der Waals surface area contributed by atoms with E-state index in [9.17, 15) is 0 Å². The summed E-state index contributed by atoms with van der Waals surface area (Å²) in [4.78, 5) is 0. The normalized spacial score (nSPS) is 16.8. The number of benzene rings is 1. The smallest absolute Gasteiger partial charge is 0.134 e. The van der Waals surface area contributed by atoms with Gasteiger partial charge in [0, 0.05) is 17.5 Å². The molecule has 2 heteroatoms. The quantitative estimate of drug-likeness (QED) is 0.885. The summed E-state index contributed by atoms with van der Waals surface area (Å²) in [6.45, 7) is 2.10. The van der Waals surface area contributed by atoms with Crippen LogP contribution in [0.2, 0.25) is 0 Å². The molecule has 0 amide bonds. The number of likely N-dealkylation sites (N-methyl/N-ethyl adjacent to an activating group) is 1.